The number of likely N-dealkylation sites (tertiary alicyclic amines) is 1. The van der Waals surface area contributed by atoms with Gasteiger partial charge >= 0.3 is 0 Å². The summed E-state index contributed by atoms with van der Waals surface area (Å²) in [6.07, 6.45) is 2.40. The number of rotatable bonds is 2. The van der Waals surface area contributed by atoms with E-state index in [2.05, 4.69) is 10.4 Å². The maximum Gasteiger partial charge on any atom is 0.254 e. The lowest BCUT2D eigenvalue weighted by molar-refractivity contribution is -0.0303. The molecule has 2 bridgehead atoms. The lowest BCUT2D eigenvalue weighted by Gasteiger charge is -2.32. The summed E-state index contributed by atoms with van der Waals surface area (Å²) in [5, 5.41) is 0.245. The monoisotopic (exact) mass is 282 g/mol. The Kier molecular flexibility index (Phi) is 3.30. The number of nitrogens with one attached hydrogen (secondary N) is 1. The molecule has 2 unspecified atom stereocenters. The number of aromatic nitrogens is 1. The van der Waals surface area contributed by atoms with Crippen LogP contribution in [0.25, 0.3) is 0 Å². The first kappa shape index (κ1) is 12.7. The molecule has 102 valence electrons. The Morgan fingerprint density at radius 2 is 2.11 bits per heavy atom. The number of nitrogen functional groups attached to an aromatic ring is 1. The van der Waals surface area contributed by atoms with Crippen LogP contribution >= 0.6 is 11.6 Å². The Labute approximate surface area is 115 Å². The van der Waals surface area contributed by atoms with Crippen LogP contribution in [0.15, 0.2) is 12.1 Å². The van der Waals surface area contributed by atoms with E-state index in [9.17, 15) is 4.79 Å². The highest BCUT2D eigenvalue weighted by Gasteiger charge is 2.36. The molecule has 3 N–H and O–H groups in total. The number of carbonyl (C=O) groups excluding carboxylic acids is 1. The molecule has 0 radical (unpaired) electrons. The molecule has 2 aliphatic heterocycles. The highest BCUT2D eigenvalue weighted by molar-refractivity contribution is 6.29. The predicted octanol–water partition coefficient (Wildman–Crippen LogP) is 1.02. The maximum atomic E-state index is 12.5. The van der Waals surface area contributed by atoms with Crippen molar-refractivity contribution in [2.24, 2.45) is 5.84 Å². The summed E-state index contributed by atoms with van der Waals surface area (Å²) in [7, 11) is 0. The molecule has 1 amide bonds. The Bertz CT molecular complexity index is 499. The zero-order valence-corrected chi connectivity index (χ0v) is 11.1. The number of fused-ring (bicyclic) bond motifs is 2. The van der Waals surface area contributed by atoms with Gasteiger partial charge in [-0.25, -0.2) is 10.8 Å². The molecule has 0 aromatic carbocycles. The lowest BCUT2D eigenvalue weighted by atomic mass is 10.2. The van der Waals surface area contributed by atoms with E-state index in [0.717, 1.165) is 12.8 Å². The Balaban J connectivity index is 1.81. The van der Waals surface area contributed by atoms with Crippen molar-refractivity contribution < 1.29 is 9.53 Å². The molecule has 2 atom stereocenters. The van der Waals surface area contributed by atoms with E-state index in [1.807, 2.05) is 4.90 Å². The van der Waals surface area contributed by atoms with E-state index in [-0.39, 0.29) is 23.3 Å². The van der Waals surface area contributed by atoms with Crippen molar-refractivity contribution in [1.29, 1.82) is 0 Å². The van der Waals surface area contributed by atoms with E-state index >= 15 is 0 Å². The van der Waals surface area contributed by atoms with Crippen LogP contribution in [-0.4, -0.2) is 41.1 Å². The number of hydrogen-bond donors (Lipinski definition) is 2. The van der Waals surface area contributed by atoms with Gasteiger partial charge in [0.2, 0.25) is 0 Å². The first-order valence-electron chi connectivity index (χ1n) is 6.24. The molecule has 0 saturated carbocycles. The number of pyridine rings is 1. The van der Waals surface area contributed by atoms with Crippen molar-refractivity contribution in [2.75, 3.05) is 18.5 Å². The summed E-state index contributed by atoms with van der Waals surface area (Å²) in [6, 6.07) is 3.16. The third kappa shape index (κ3) is 2.51. The topological polar surface area (TPSA) is 80.5 Å². The van der Waals surface area contributed by atoms with Gasteiger partial charge in [-0.1, -0.05) is 11.6 Å². The Morgan fingerprint density at radius 1 is 1.42 bits per heavy atom. The third-order valence-electron chi connectivity index (χ3n) is 3.52. The van der Waals surface area contributed by atoms with Gasteiger partial charge in [0.25, 0.3) is 5.91 Å². The molecule has 0 spiro atoms. The van der Waals surface area contributed by atoms with Crippen LogP contribution in [0.1, 0.15) is 23.2 Å². The van der Waals surface area contributed by atoms with E-state index in [0.29, 0.717) is 24.5 Å². The highest BCUT2D eigenvalue weighted by atomic mass is 35.5. The zero-order chi connectivity index (χ0) is 13.4. The molecule has 2 saturated heterocycles. The summed E-state index contributed by atoms with van der Waals surface area (Å²) < 4.78 is 5.72. The number of ether oxygens (including phenoxy) is 1. The summed E-state index contributed by atoms with van der Waals surface area (Å²) in [5.41, 5.74) is 2.90. The predicted molar refractivity (Wildman–Crippen MR) is 70.9 cm³/mol. The fraction of sp³-hybridized carbons (Fsp3) is 0.500. The number of nitrogens with zero attached hydrogens (tertiary/aromatic N) is 2. The molecule has 1 aromatic heterocycles. The van der Waals surface area contributed by atoms with Crippen LogP contribution in [0.3, 0.4) is 0 Å². The minimum absolute atomic E-state index is 0.0546. The molecular formula is C12H15ClN4O2. The number of morpholine rings is 1. The minimum Gasteiger partial charge on any atom is -0.371 e. The van der Waals surface area contributed by atoms with Gasteiger partial charge in [-0.3, -0.25) is 4.79 Å². The van der Waals surface area contributed by atoms with E-state index in [1.165, 1.54) is 0 Å². The number of anilines is 1. The third-order valence-corrected chi connectivity index (χ3v) is 3.71. The van der Waals surface area contributed by atoms with Gasteiger partial charge in [-0.15, -0.1) is 0 Å². The largest absolute Gasteiger partial charge is 0.371 e. The molecule has 6 nitrogen and oxygen atoms in total. The maximum absolute atomic E-state index is 12.5. The lowest BCUT2D eigenvalue weighted by Crippen LogP contribution is -2.45. The molecule has 3 rings (SSSR count). The van der Waals surface area contributed by atoms with Gasteiger partial charge in [0, 0.05) is 18.7 Å². The Hall–Kier alpha value is -1.37. The van der Waals surface area contributed by atoms with Crippen molar-refractivity contribution in [1.82, 2.24) is 9.88 Å². The van der Waals surface area contributed by atoms with Crippen molar-refractivity contribution in [3.8, 4) is 0 Å². The normalized spacial score (nSPS) is 25.5. The second-order valence-corrected chi connectivity index (χ2v) is 5.26. The Morgan fingerprint density at radius 3 is 2.74 bits per heavy atom. The molecule has 0 aliphatic carbocycles. The zero-order valence-electron chi connectivity index (χ0n) is 10.3. The van der Waals surface area contributed by atoms with Crippen LogP contribution in [-0.2, 0) is 4.74 Å². The average molecular weight is 283 g/mol. The fourth-order valence-electron chi connectivity index (χ4n) is 2.66. The molecule has 19 heavy (non-hydrogen) atoms. The van der Waals surface area contributed by atoms with Crippen LogP contribution in [0, 0.1) is 0 Å². The van der Waals surface area contributed by atoms with Crippen molar-refractivity contribution >= 4 is 23.3 Å². The second-order valence-electron chi connectivity index (χ2n) is 4.88. The number of hydrogen-bond acceptors (Lipinski definition) is 5. The molecule has 7 heteroatoms. The van der Waals surface area contributed by atoms with Gasteiger partial charge in [0.05, 0.1) is 12.2 Å². The van der Waals surface area contributed by atoms with Crippen molar-refractivity contribution in [3.05, 3.63) is 22.8 Å². The second kappa shape index (κ2) is 4.96. The molecular weight excluding hydrogens is 268 g/mol. The van der Waals surface area contributed by atoms with Crippen molar-refractivity contribution in [2.45, 2.75) is 25.0 Å². The molecule has 2 aliphatic rings. The number of halogens is 1. The van der Waals surface area contributed by atoms with Gasteiger partial charge < -0.3 is 15.1 Å². The summed E-state index contributed by atoms with van der Waals surface area (Å²) in [6.45, 7) is 1.28. The van der Waals surface area contributed by atoms with Gasteiger partial charge in [-0.05, 0) is 25.0 Å². The summed E-state index contributed by atoms with van der Waals surface area (Å²) in [4.78, 5) is 18.2. The van der Waals surface area contributed by atoms with Crippen LogP contribution in [0.4, 0.5) is 5.82 Å². The van der Waals surface area contributed by atoms with Gasteiger partial charge in [-0.2, -0.15) is 0 Å². The number of carbonyl (C=O) groups is 1. The first-order chi connectivity index (χ1) is 9.15. The van der Waals surface area contributed by atoms with Gasteiger partial charge in [0.15, 0.2) is 0 Å². The van der Waals surface area contributed by atoms with Crippen LogP contribution in [0.2, 0.25) is 5.15 Å². The quantitative estimate of drug-likeness (QED) is 0.481. The van der Waals surface area contributed by atoms with E-state index in [4.69, 9.17) is 22.2 Å². The average Bonchev–Trinajstić information content (AvgIpc) is 2.75. The smallest absolute Gasteiger partial charge is 0.254 e. The van der Waals surface area contributed by atoms with Crippen LogP contribution < -0.4 is 11.3 Å². The number of nitrogens with two attached hydrogens (primary N) is 1. The molecule has 1 aromatic rings. The number of hydrazine groups is 1. The van der Waals surface area contributed by atoms with E-state index in [1.54, 1.807) is 12.1 Å². The summed E-state index contributed by atoms with van der Waals surface area (Å²) in [5.74, 6) is 5.63. The summed E-state index contributed by atoms with van der Waals surface area (Å²) >= 11 is 5.88. The molecule has 2 fully saturated rings. The minimum atomic E-state index is -0.0546. The van der Waals surface area contributed by atoms with Crippen LogP contribution in [0.5, 0.6) is 0 Å². The number of amides is 1. The first-order valence-corrected chi connectivity index (χ1v) is 6.62. The van der Waals surface area contributed by atoms with Crippen molar-refractivity contribution in [3.63, 3.8) is 0 Å². The van der Waals surface area contributed by atoms with E-state index < -0.39 is 0 Å². The highest BCUT2D eigenvalue weighted by Crippen LogP contribution is 2.27. The molecule has 3 heterocycles. The standard InChI is InChI=1S/C12H15ClN4O2/c13-10-3-7(4-11(15-10)16-14)12(18)17-5-8-1-2-9(6-17)19-8/h3-4,8-9H,1-2,5-6,14H2,(H,15,16). The SMILES string of the molecule is NNc1cc(C(=O)N2CC3CCC(C2)O3)cc(Cl)n1. The van der Waals surface area contributed by atoms with Gasteiger partial charge in [0.1, 0.15) is 11.0 Å². The fourth-order valence-corrected chi connectivity index (χ4v) is 2.87.